The molecular weight excluding hydrogens is 212 g/mol. The molecule has 0 bridgehead atoms. The van der Waals surface area contributed by atoms with Gasteiger partial charge < -0.3 is 10.7 Å². The van der Waals surface area contributed by atoms with Crippen LogP contribution in [0.5, 0.6) is 0 Å². The first kappa shape index (κ1) is 10.8. The number of nitrogens with one attached hydrogen (secondary N) is 1. The first-order chi connectivity index (χ1) is 7.61. The van der Waals surface area contributed by atoms with Gasteiger partial charge in [-0.05, 0) is 25.1 Å². The molecule has 0 aliphatic carbocycles. The monoisotopic (exact) mass is 223 g/mol. The van der Waals surface area contributed by atoms with Crippen molar-refractivity contribution in [3.05, 3.63) is 41.4 Å². The molecule has 3 nitrogen and oxygen atoms in total. The van der Waals surface area contributed by atoms with Gasteiger partial charge in [-0.2, -0.15) is 0 Å². The molecule has 0 fully saturated rings. The fraction of sp³-hybridized carbons (Fsp3) is 0.182. The number of rotatable bonds is 2. The van der Waals surface area contributed by atoms with Gasteiger partial charge in [0.05, 0.1) is 12.2 Å². The van der Waals surface area contributed by atoms with Gasteiger partial charge in [0.25, 0.3) is 0 Å². The van der Waals surface area contributed by atoms with Gasteiger partial charge in [-0.15, -0.1) is 0 Å². The summed E-state index contributed by atoms with van der Waals surface area (Å²) in [6.07, 6.45) is 0. The van der Waals surface area contributed by atoms with E-state index in [0.717, 1.165) is 18.2 Å². The lowest BCUT2D eigenvalue weighted by Crippen LogP contribution is -1.98. The Morgan fingerprint density at radius 2 is 2.12 bits per heavy atom. The fourth-order valence-electron chi connectivity index (χ4n) is 1.56. The molecule has 2 aromatic rings. The summed E-state index contributed by atoms with van der Waals surface area (Å²) in [7, 11) is 0. The van der Waals surface area contributed by atoms with E-state index >= 15 is 0 Å². The zero-order valence-electron chi connectivity index (χ0n) is 8.72. The van der Waals surface area contributed by atoms with E-state index < -0.39 is 11.6 Å². The molecule has 1 heterocycles. The van der Waals surface area contributed by atoms with Gasteiger partial charge in [0.1, 0.15) is 17.5 Å². The number of aromatic nitrogens is 2. The van der Waals surface area contributed by atoms with Crippen molar-refractivity contribution in [3.63, 3.8) is 0 Å². The first-order valence-electron chi connectivity index (χ1n) is 4.83. The maximum absolute atomic E-state index is 13.5. The number of hydrogen-bond acceptors (Lipinski definition) is 2. The summed E-state index contributed by atoms with van der Waals surface area (Å²) in [5, 5.41) is 0. The SMILES string of the molecule is Cc1[nH]c(CN)nc1-c1cc(F)ccc1F. The van der Waals surface area contributed by atoms with Crippen LogP contribution in [-0.2, 0) is 6.54 Å². The van der Waals surface area contributed by atoms with Crippen LogP contribution in [-0.4, -0.2) is 9.97 Å². The number of aryl methyl sites for hydroxylation is 1. The van der Waals surface area contributed by atoms with Gasteiger partial charge >= 0.3 is 0 Å². The smallest absolute Gasteiger partial charge is 0.132 e. The minimum atomic E-state index is -0.500. The van der Waals surface area contributed by atoms with Crippen LogP contribution in [0.1, 0.15) is 11.5 Å². The van der Waals surface area contributed by atoms with Crippen LogP contribution in [0.2, 0.25) is 0 Å². The van der Waals surface area contributed by atoms with Crippen molar-refractivity contribution in [2.24, 2.45) is 5.73 Å². The van der Waals surface area contributed by atoms with Gasteiger partial charge in [0, 0.05) is 11.3 Å². The Bertz CT molecular complexity index is 520. The Hall–Kier alpha value is -1.75. The molecule has 0 spiro atoms. The number of aromatic amines is 1. The number of H-pyrrole nitrogens is 1. The lowest BCUT2D eigenvalue weighted by atomic mass is 10.1. The van der Waals surface area contributed by atoms with Gasteiger partial charge in [-0.1, -0.05) is 0 Å². The van der Waals surface area contributed by atoms with Crippen LogP contribution in [0, 0.1) is 18.6 Å². The van der Waals surface area contributed by atoms with Crippen molar-refractivity contribution in [2.45, 2.75) is 13.5 Å². The molecule has 5 heteroatoms. The normalized spacial score (nSPS) is 10.8. The standard InChI is InChI=1S/C11H11F2N3/c1-6-11(16-10(5-14)15-6)8-4-7(12)2-3-9(8)13/h2-4H,5,14H2,1H3,(H,15,16). The Morgan fingerprint density at radius 3 is 2.75 bits per heavy atom. The van der Waals surface area contributed by atoms with E-state index in [-0.39, 0.29) is 12.1 Å². The van der Waals surface area contributed by atoms with E-state index in [1.54, 1.807) is 6.92 Å². The second-order valence-corrected chi connectivity index (χ2v) is 3.49. The number of hydrogen-bond donors (Lipinski definition) is 2. The lowest BCUT2D eigenvalue weighted by Gasteiger charge is -2.00. The molecule has 0 radical (unpaired) electrons. The molecular formula is C11H11F2N3. The van der Waals surface area contributed by atoms with E-state index in [9.17, 15) is 8.78 Å². The average Bonchev–Trinajstić information content (AvgIpc) is 2.63. The molecule has 0 aliphatic heterocycles. The van der Waals surface area contributed by atoms with Crippen LogP contribution in [0.25, 0.3) is 11.3 Å². The Morgan fingerprint density at radius 1 is 1.38 bits per heavy atom. The molecule has 2 rings (SSSR count). The summed E-state index contributed by atoms with van der Waals surface area (Å²) in [5.41, 5.74) is 6.63. The van der Waals surface area contributed by atoms with Crippen LogP contribution in [0.15, 0.2) is 18.2 Å². The van der Waals surface area contributed by atoms with Gasteiger partial charge in [-0.3, -0.25) is 0 Å². The maximum atomic E-state index is 13.5. The van der Waals surface area contributed by atoms with Crippen molar-refractivity contribution in [2.75, 3.05) is 0 Å². The van der Waals surface area contributed by atoms with E-state index in [4.69, 9.17) is 5.73 Å². The summed E-state index contributed by atoms with van der Waals surface area (Å²) in [6, 6.07) is 3.28. The van der Waals surface area contributed by atoms with Crippen molar-refractivity contribution in [3.8, 4) is 11.3 Å². The van der Waals surface area contributed by atoms with Crippen molar-refractivity contribution in [1.82, 2.24) is 9.97 Å². The Balaban J connectivity index is 2.57. The largest absolute Gasteiger partial charge is 0.344 e. The molecule has 0 unspecified atom stereocenters. The highest BCUT2D eigenvalue weighted by molar-refractivity contribution is 5.62. The van der Waals surface area contributed by atoms with E-state index in [0.29, 0.717) is 17.2 Å². The second kappa shape index (κ2) is 4.02. The quantitative estimate of drug-likeness (QED) is 0.819. The van der Waals surface area contributed by atoms with Crippen molar-refractivity contribution < 1.29 is 8.78 Å². The zero-order chi connectivity index (χ0) is 11.7. The second-order valence-electron chi connectivity index (χ2n) is 3.49. The van der Waals surface area contributed by atoms with Crippen LogP contribution >= 0.6 is 0 Å². The molecule has 3 N–H and O–H groups in total. The molecule has 1 aromatic heterocycles. The van der Waals surface area contributed by atoms with E-state index in [1.165, 1.54) is 0 Å². The Labute approximate surface area is 91.3 Å². The first-order valence-corrected chi connectivity index (χ1v) is 4.83. The highest BCUT2D eigenvalue weighted by Gasteiger charge is 2.13. The predicted octanol–water partition coefficient (Wildman–Crippen LogP) is 2.12. The number of benzene rings is 1. The van der Waals surface area contributed by atoms with E-state index in [1.807, 2.05) is 0 Å². The number of imidazole rings is 1. The van der Waals surface area contributed by atoms with Gasteiger partial charge in [0.15, 0.2) is 0 Å². The minimum absolute atomic E-state index is 0.147. The Kier molecular flexibility index (Phi) is 2.70. The van der Waals surface area contributed by atoms with Crippen LogP contribution in [0.3, 0.4) is 0 Å². The number of halogens is 2. The van der Waals surface area contributed by atoms with Crippen molar-refractivity contribution in [1.29, 1.82) is 0 Å². The third-order valence-corrected chi connectivity index (χ3v) is 2.31. The minimum Gasteiger partial charge on any atom is -0.344 e. The predicted molar refractivity (Wildman–Crippen MR) is 56.6 cm³/mol. The molecule has 16 heavy (non-hydrogen) atoms. The van der Waals surface area contributed by atoms with Gasteiger partial charge in [0.2, 0.25) is 0 Å². The fourth-order valence-corrected chi connectivity index (χ4v) is 1.56. The number of nitrogens with zero attached hydrogens (tertiary/aromatic N) is 1. The molecule has 84 valence electrons. The van der Waals surface area contributed by atoms with Gasteiger partial charge in [-0.25, -0.2) is 13.8 Å². The summed E-state index contributed by atoms with van der Waals surface area (Å²) >= 11 is 0. The maximum Gasteiger partial charge on any atom is 0.132 e. The molecule has 0 saturated heterocycles. The lowest BCUT2D eigenvalue weighted by molar-refractivity contribution is 0.602. The highest BCUT2D eigenvalue weighted by Crippen LogP contribution is 2.24. The number of nitrogens with two attached hydrogens (primary N) is 1. The zero-order valence-corrected chi connectivity index (χ0v) is 8.72. The molecule has 0 atom stereocenters. The molecule has 1 aromatic carbocycles. The average molecular weight is 223 g/mol. The highest BCUT2D eigenvalue weighted by atomic mass is 19.1. The summed E-state index contributed by atoms with van der Waals surface area (Å²) in [5.74, 6) is -0.441. The molecule has 0 amide bonds. The van der Waals surface area contributed by atoms with Crippen LogP contribution < -0.4 is 5.73 Å². The van der Waals surface area contributed by atoms with E-state index in [2.05, 4.69) is 9.97 Å². The van der Waals surface area contributed by atoms with Crippen molar-refractivity contribution >= 4 is 0 Å². The third-order valence-electron chi connectivity index (χ3n) is 2.31. The summed E-state index contributed by atoms with van der Waals surface area (Å²) in [4.78, 5) is 7.03. The summed E-state index contributed by atoms with van der Waals surface area (Å²) in [6.45, 7) is 1.98. The summed E-state index contributed by atoms with van der Waals surface area (Å²) < 4.78 is 26.5. The topological polar surface area (TPSA) is 54.7 Å². The van der Waals surface area contributed by atoms with Crippen LogP contribution in [0.4, 0.5) is 8.78 Å². The molecule has 0 aliphatic rings. The third kappa shape index (κ3) is 1.81. The molecule has 0 saturated carbocycles.